The van der Waals surface area contributed by atoms with E-state index in [0.717, 1.165) is 18.4 Å². The highest BCUT2D eigenvalue weighted by Gasteiger charge is 2.64. The Morgan fingerprint density at radius 2 is 1.50 bits per heavy atom. The lowest BCUT2D eigenvalue weighted by Gasteiger charge is -2.41. The van der Waals surface area contributed by atoms with Crippen molar-refractivity contribution < 1.29 is 52.7 Å². The summed E-state index contributed by atoms with van der Waals surface area (Å²) in [5, 5.41) is 13.3. The third kappa shape index (κ3) is 15.4. The zero-order valence-electron chi connectivity index (χ0n) is 47.1. The molecule has 3 heterocycles. The first-order chi connectivity index (χ1) is 36.2. The van der Waals surface area contributed by atoms with Crippen LogP contribution in [0.2, 0.25) is 0 Å². The van der Waals surface area contributed by atoms with Gasteiger partial charge in [-0.25, -0.2) is 9.86 Å². The average Bonchev–Trinajstić information content (AvgIpc) is 3.75. The molecule has 5 rings (SSSR count). The molecule has 20 heteroatoms. The summed E-state index contributed by atoms with van der Waals surface area (Å²) in [7, 11) is 6.65. The quantitative estimate of drug-likeness (QED) is 0.0660. The van der Waals surface area contributed by atoms with Crippen LogP contribution in [-0.4, -0.2) is 188 Å². The van der Waals surface area contributed by atoms with Gasteiger partial charge in [0, 0.05) is 78.6 Å². The van der Waals surface area contributed by atoms with E-state index in [2.05, 4.69) is 21.3 Å². The maximum Gasteiger partial charge on any atom is 0.314 e. The summed E-state index contributed by atoms with van der Waals surface area (Å²) in [6.45, 7) is 16.4. The predicted molar refractivity (Wildman–Crippen MR) is 287 cm³/mol. The van der Waals surface area contributed by atoms with Crippen molar-refractivity contribution in [2.75, 3.05) is 74.2 Å². The van der Waals surface area contributed by atoms with E-state index in [0.29, 0.717) is 90.8 Å². The van der Waals surface area contributed by atoms with E-state index in [4.69, 9.17) is 14.3 Å². The van der Waals surface area contributed by atoms with Crippen LogP contribution in [0.5, 0.6) is 0 Å². The molecule has 9 amide bonds. The predicted octanol–water partition coefficient (Wildman–Crippen LogP) is 3.99. The van der Waals surface area contributed by atoms with Crippen LogP contribution in [0, 0.1) is 23.7 Å². The molecule has 0 radical (unpaired) electrons. The topological polar surface area (TPSA) is 229 Å². The van der Waals surface area contributed by atoms with E-state index in [9.17, 15) is 38.4 Å². The molecule has 3 aliphatic heterocycles. The lowest BCUT2D eigenvalue weighted by molar-refractivity contribution is -0.200. The molecule has 0 bridgehead atoms. The number of nitrogens with zero attached hydrogens (tertiary/aromatic N) is 5. The number of unbranched alkanes of at least 4 members (excludes halogenated alkanes) is 1. The fraction of sp³-hybridized carbons (Fsp3) is 0.714. The minimum absolute atomic E-state index is 0.0401. The standard InChI is InChI=1S/C56H89N9O11/c1-12-38(6)49(62(9)53(71)47(36(2)3)59-52(70)48(37(4)5)61(8)29-21-28-58-55(73)57-27-16-17-30-64-44(66)25-26-45(64)67)43(74-10)34-46(68)63-31-20-24-42(63)50(75-11)39(7)51(69)60-56(54(72)65-32-18-19-33-76-65)35-41(56)40-22-14-13-15-23-40/h13-15,22-23,25-26,36-39,41-43,47-50H,12,16-21,24,27-35H2,1-11H3,(H,59,70)(H,60,69)(H2,57,58,73)/t38-,39+,41+,42-,43+,47-,48-,49-,50+,56-/m0/s1. The molecule has 20 nitrogen and oxygen atoms in total. The van der Waals surface area contributed by atoms with Crippen molar-refractivity contribution in [3.8, 4) is 0 Å². The Hall–Kier alpha value is -5.44. The molecule has 76 heavy (non-hydrogen) atoms. The van der Waals surface area contributed by atoms with Crippen molar-refractivity contribution in [2.45, 2.75) is 161 Å². The molecule has 1 aromatic rings. The third-order valence-electron chi connectivity index (χ3n) is 16.0. The molecule has 0 spiro atoms. The first-order valence-electron chi connectivity index (χ1n) is 27.7. The Labute approximate surface area is 451 Å². The summed E-state index contributed by atoms with van der Waals surface area (Å²) in [6, 6.07) is 6.93. The van der Waals surface area contributed by atoms with E-state index < -0.39 is 47.8 Å². The minimum atomic E-state index is -1.16. The number of imide groups is 1. The number of hydroxylamine groups is 2. The molecule has 4 N–H and O–H groups in total. The van der Waals surface area contributed by atoms with Gasteiger partial charge in [0.1, 0.15) is 11.6 Å². The molecular weight excluding hydrogens is 975 g/mol. The van der Waals surface area contributed by atoms with Crippen LogP contribution in [-0.2, 0) is 47.9 Å². The van der Waals surface area contributed by atoms with E-state index in [1.807, 2.05) is 83.8 Å². The van der Waals surface area contributed by atoms with Gasteiger partial charge in [0.15, 0.2) is 0 Å². The van der Waals surface area contributed by atoms with Gasteiger partial charge in [-0.2, -0.15) is 0 Å². The summed E-state index contributed by atoms with van der Waals surface area (Å²) < 4.78 is 12.2. The molecule has 1 aliphatic carbocycles. The molecule has 2 saturated heterocycles. The second-order valence-corrected chi connectivity index (χ2v) is 22.0. The summed E-state index contributed by atoms with van der Waals surface area (Å²) >= 11 is 0. The summed E-state index contributed by atoms with van der Waals surface area (Å²) in [4.78, 5) is 120. The van der Waals surface area contributed by atoms with Gasteiger partial charge >= 0.3 is 6.03 Å². The Bertz CT molecular complexity index is 2150. The highest BCUT2D eigenvalue weighted by molar-refractivity contribution is 6.12. The van der Waals surface area contributed by atoms with E-state index >= 15 is 0 Å². The first kappa shape index (κ1) is 61.4. The summed E-state index contributed by atoms with van der Waals surface area (Å²) in [6.07, 6.45) is 6.89. The van der Waals surface area contributed by atoms with Gasteiger partial charge in [0.2, 0.25) is 23.6 Å². The molecule has 0 unspecified atom stereocenters. The fourth-order valence-electron chi connectivity index (χ4n) is 11.4. The number of urea groups is 1. The molecule has 424 valence electrons. The van der Waals surface area contributed by atoms with Crippen molar-refractivity contribution in [1.29, 1.82) is 0 Å². The molecule has 3 fully saturated rings. The Morgan fingerprint density at radius 1 is 0.829 bits per heavy atom. The van der Waals surface area contributed by atoms with E-state index in [-0.39, 0.29) is 77.5 Å². The number of nitrogens with one attached hydrogen (secondary N) is 4. The maximum atomic E-state index is 14.7. The number of likely N-dealkylation sites (N-methyl/N-ethyl adjacent to an activating group) is 2. The van der Waals surface area contributed by atoms with E-state index in [1.54, 1.807) is 38.0 Å². The van der Waals surface area contributed by atoms with Crippen LogP contribution in [0.3, 0.4) is 0 Å². The van der Waals surface area contributed by atoms with Crippen molar-refractivity contribution in [3.63, 3.8) is 0 Å². The number of carbonyl (C=O) groups is 8. The largest absolute Gasteiger partial charge is 0.379 e. The number of hydrogen-bond donors (Lipinski definition) is 4. The van der Waals surface area contributed by atoms with Crippen molar-refractivity contribution in [2.24, 2.45) is 23.7 Å². The summed E-state index contributed by atoms with van der Waals surface area (Å²) in [5.41, 5.74) is -0.204. The number of ether oxygens (including phenoxy) is 2. The zero-order valence-corrected chi connectivity index (χ0v) is 47.1. The number of methoxy groups -OCH3 is 2. The zero-order chi connectivity index (χ0) is 55.9. The smallest absolute Gasteiger partial charge is 0.314 e. The number of hydrogen-bond acceptors (Lipinski definition) is 12. The van der Waals surface area contributed by atoms with Crippen LogP contribution in [0.1, 0.15) is 124 Å². The number of benzene rings is 1. The highest BCUT2D eigenvalue weighted by Crippen LogP contribution is 2.53. The molecule has 1 aromatic carbocycles. The van der Waals surface area contributed by atoms with Crippen molar-refractivity contribution in [3.05, 3.63) is 48.0 Å². The monoisotopic (exact) mass is 1060 g/mol. The number of likely N-dealkylation sites (tertiary alicyclic amines) is 1. The molecule has 1 saturated carbocycles. The number of amides is 9. The normalized spacial score (nSPS) is 22.3. The second-order valence-electron chi connectivity index (χ2n) is 22.0. The van der Waals surface area contributed by atoms with Crippen LogP contribution in [0.25, 0.3) is 0 Å². The first-order valence-corrected chi connectivity index (χ1v) is 27.7. The molecule has 0 aromatic heterocycles. The Balaban J connectivity index is 1.18. The van der Waals surface area contributed by atoms with Crippen LogP contribution in [0.15, 0.2) is 42.5 Å². The average molecular weight is 1060 g/mol. The van der Waals surface area contributed by atoms with Gasteiger partial charge in [-0.1, -0.05) is 85.2 Å². The van der Waals surface area contributed by atoms with Gasteiger partial charge in [0.05, 0.1) is 49.3 Å². The highest BCUT2D eigenvalue weighted by atomic mass is 16.7. The number of rotatable bonds is 29. The lowest BCUT2D eigenvalue weighted by Crippen LogP contribution is -2.60. The van der Waals surface area contributed by atoms with Crippen LogP contribution >= 0.6 is 0 Å². The summed E-state index contributed by atoms with van der Waals surface area (Å²) in [5.74, 6) is -3.48. The van der Waals surface area contributed by atoms with E-state index in [1.165, 1.54) is 22.1 Å². The van der Waals surface area contributed by atoms with Crippen LogP contribution < -0.4 is 21.3 Å². The van der Waals surface area contributed by atoms with Gasteiger partial charge in [-0.05, 0) is 81.7 Å². The van der Waals surface area contributed by atoms with Gasteiger partial charge in [-0.3, -0.25) is 48.2 Å². The second kappa shape index (κ2) is 28.8. The Kier molecular flexibility index (Phi) is 23.3. The van der Waals surface area contributed by atoms with Crippen molar-refractivity contribution in [1.82, 2.24) is 45.9 Å². The lowest BCUT2D eigenvalue weighted by atomic mass is 9.89. The van der Waals surface area contributed by atoms with Gasteiger partial charge < -0.3 is 40.5 Å². The van der Waals surface area contributed by atoms with Crippen LogP contribution in [0.4, 0.5) is 4.79 Å². The number of carbonyl (C=O) groups excluding carboxylic acids is 8. The minimum Gasteiger partial charge on any atom is -0.379 e. The fourth-order valence-corrected chi connectivity index (χ4v) is 11.4. The van der Waals surface area contributed by atoms with Gasteiger partial charge in [-0.15, -0.1) is 0 Å². The molecule has 4 aliphatic rings. The SMILES string of the molecule is CC[C@H](C)[C@@H]([C@@H](CC(=O)N1CCC[C@H]1[C@H](OC)[C@@H](C)C(=O)N[C@@]1(C(=O)N2CCCCO2)C[C@@H]1c1ccccc1)OC)N(C)C(=O)[C@@H](NC(=O)[C@H](C(C)C)N(C)CCCNC(=O)NCCCCN1C(=O)C=CC1=O)C(C)C. The third-order valence-corrected chi connectivity index (χ3v) is 16.0. The molecule has 10 atom stereocenters. The Morgan fingerprint density at radius 3 is 2.09 bits per heavy atom. The van der Waals surface area contributed by atoms with Gasteiger partial charge in [0.25, 0.3) is 17.7 Å². The maximum absolute atomic E-state index is 14.7. The molecular formula is C56H89N9O11. The van der Waals surface area contributed by atoms with Crippen molar-refractivity contribution >= 4 is 47.4 Å².